The summed E-state index contributed by atoms with van der Waals surface area (Å²) in [7, 11) is -3.99. The standard InChI is InChI=1S/C25H19N3O5S/c1-16-8-10-19-6-4-12-26-22(19)24(16)34(32,33)28-21-7-3-2-5-18(21)11-9-17-13-20(15-29)23(25(30)31)27-14-17/h2-8,10,12-14,28-29H,15H2,1H3,(H,30,31). The summed E-state index contributed by atoms with van der Waals surface area (Å²) in [4.78, 5) is 19.4. The van der Waals surface area contributed by atoms with E-state index in [1.807, 2.05) is 6.07 Å². The van der Waals surface area contributed by atoms with Crippen LogP contribution in [0.1, 0.15) is 32.7 Å². The summed E-state index contributed by atoms with van der Waals surface area (Å²) >= 11 is 0. The second-order valence-corrected chi connectivity index (χ2v) is 9.00. The van der Waals surface area contributed by atoms with Crippen molar-refractivity contribution in [3.63, 3.8) is 0 Å². The normalized spacial score (nSPS) is 11.0. The molecular formula is C25H19N3O5S. The van der Waals surface area contributed by atoms with Gasteiger partial charge in [0.25, 0.3) is 10.0 Å². The number of nitrogens with one attached hydrogen (secondary N) is 1. The molecule has 3 N–H and O–H groups in total. The Morgan fingerprint density at radius 2 is 1.85 bits per heavy atom. The number of benzene rings is 2. The maximum absolute atomic E-state index is 13.4. The lowest BCUT2D eigenvalue weighted by atomic mass is 10.1. The highest BCUT2D eigenvalue weighted by molar-refractivity contribution is 7.93. The van der Waals surface area contributed by atoms with Crippen molar-refractivity contribution < 1.29 is 23.4 Å². The number of hydrogen-bond acceptors (Lipinski definition) is 6. The molecule has 0 amide bonds. The molecule has 4 rings (SSSR count). The van der Waals surface area contributed by atoms with Gasteiger partial charge in [-0.05, 0) is 36.8 Å². The van der Waals surface area contributed by atoms with Gasteiger partial charge in [-0.1, -0.05) is 42.2 Å². The van der Waals surface area contributed by atoms with Crippen molar-refractivity contribution in [3.05, 3.63) is 94.9 Å². The lowest BCUT2D eigenvalue weighted by Crippen LogP contribution is -2.16. The van der Waals surface area contributed by atoms with Gasteiger partial charge in [0, 0.05) is 34.5 Å². The Kier molecular flexibility index (Phi) is 6.27. The number of rotatable bonds is 5. The van der Waals surface area contributed by atoms with Crippen LogP contribution in [0.2, 0.25) is 0 Å². The Labute approximate surface area is 196 Å². The number of hydrogen-bond donors (Lipinski definition) is 3. The van der Waals surface area contributed by atoms with Crippen LogP contribution in [0.3, 0.4) is 0 Å². The van der Waals surface area contributed by atoms with E-state index in [0.717, 1.165) is 0 Å². The number of aliphatic hydroxyl groups excluding tert-OH is 1. The van der Waals surface area contributed by atoms with Gasteiger partial charge >= 0.3 is 5.97 Å². The number of aromatic nitrogens is 2. The van der Waals surface area contributed by atoms with Crippen LogP contribution >= 0.6 is 0 Å². The first-order valence-electron chi connectivity index (χ1n) is 10.1. The van der Waals surface area contributed by atoms with Crippen LogP contribution in [0, 0.1) is 18.8 Å². The predicted molar refractivity (Wildman–Crippen MR) is 127 cm³/mol. The van der Waals surface area contributed by atoms with Crippen LogP contribution in [0.25, 0.3) is 10.9 Å². The maximum Gasteiger partial charge on any atom is 0.354 e. The Bertz CT molecular complexity index is 1590. The van der Waals surface area contributed by atoms with Crippen LogP contribution in [0.5, 0.6) is 0 Å². The van der Waals surface area contributed by atoms with Gasteiger partial charge in [0.1, 0.15) is 4.90 Å². The Morgan fingerprint density at radius 3 is 2.62 bits per heavy atom. The number of aliphatic hydroxyl groups is 1. The minimum absolute atomic E-state index is 0.0920. The fraction of sp³-hybridized carbons (Fsp3) is 0.0800. The number of pyridine rings is 2. The number of fused-ring (bicyclic) bond motifs is 1. The van der Waals surface area contributed by atoms with E-state index in [9.17, 15) is 18.3 Å². The first-order chi connectivity index (χ1) is 16.3. The monoisotopic (exact) mass is 473 g/mol. The summed E-state index contributed by atoms with van der Waals surface area (Å²) in [6.07, 6.45) is 2.83. The average Bonchev–Trinajstić information content (AvgIpc) is 2.82. The molecule has 9 heteroatoms. The van der Waals surface area contributed by atoms with E-state index in [2.05, 4.69) is 26.5 Å². The van der Waals surface area contributed by atoms with Crippen LogP contribution < -0.4 is 4.72 Å². The van der Waals surface area contributed by atoms with Crippen molar-refractivity contribution in [3.8, 4) is 11.8 Å². The third-order valence-corrected chi connectivity index (χ3v) is 6.59. The van der Waals surface area contributed by atoms with Crippen molar-refractivity contribution in [2.24, 2.45) is 0 Å². The summed E-state index contributed by atoms with van der Waals surface area (Å²) in [6.45, 7) is 1.21. The quantitative estimate of drug-likeness (QED) is 0.379. The Hall–Kier alpha value is -4.26. The number of nitrogens with zero attached hydrogens (tertiary/aromatic N) is 2. The van der Waals surface area contributed by atoms with Gasteiger partial charge in [0.05, 0.1) is 17.8 Å². The molecule has 2 aromatic heterocycles. The zero-order valence-corrected chi connectivity index (χ0v) is 18.8. The third kappa shape index (κ3) is 4.59. The highest BCUT2D eigenvalue weighted by Gasteiger charge is 2.22. The minimum atomic E-state index is -3.99. The number of sulfonamides is 1. The van der Waals surface area contributed by atoms with Crippen LogP contribution in [0.4, 0.5) is 5.69 Å². The molecule has 0 saturated heterocycles. The van der Waals surface area contributed by atoms with Crippen molar-refractivity contribution >= 4 is 32.6 Å². The van der Waals surface area contributed by atoms with E-state index < -0.39 is 22.6 Å². The molecular weight excluding hydrogens is 454 g/mol. The second kappa shape index (κ2) is 9.31. The van der Waals surface area contributed by atoms with Crippen molar-refractivity contribution in [2.45, 2.75) is 18.4 Å². The SMILES string of the molecule is Cc1ccc2cccnc2c1S(=O)(=O)Nc1ccccc1C#Cc1cnc(C(=O)O)c(CO)c1. The van der Waals surface area contributed by atoms with E-state index in [1.165, 1.54) is 12.3 Å². The molecule has 170 valence electrons. The topological polar surface area (TPSA) is 129 Å². The van der Waals surface area contributed by atoms with Gasteiger partial charge in [-0.15, -0.1) is 0 Å². The van der Waals surface area contributed by atoms with E-state index in [1.54, 1.807) is 55.6 Å². The molecule has 4 aromatic rings. The van der Waals surface area contributed by atoms with E-state index in [0.29, 0.717) is 27.6 Å². The van der Waals surface area contributed by atoms with Crippen molar-refractivity contribution in [1.82, 2.24) is 9.97 Å². The lowest BCUT2D eigenvalue weighted by Gasteiger charge is -2.13. The van der Waals surface area contributed by atoms with Crippen molar-refractivity contribution in [2.75, 3.05) is 4.72 Å². The van der Waals surface area contributed by atoms with Gasteiger partial charge in [-0.25, -0.2) is 18.2 Å². The number of aryl methyl sites for hydroxylation is 1. The molecule has 0 spiro atoms. The fourth-order valence-corrected chi connectivity index (χ4v) is 4.95. The Morgan fingerprint density at radius 1 is 1.06 bits per heavy atom. The molecule has 0 unspecified atom stereocenters. The van der Waals surface area contributed by atoms with Crippen LogP contribution in [-0.4, -0.2) is 34.6 Å². The summed E-state index contributed by atoms with van der Waals surface area (Å²) in [5.41, 5.74) is 1.88. The minimum Gasteiger partial charge on any atom is -0.477 e. The first kappa shape index (κ1) is 22.9. The molecule has 2 aromatic carbocycles. The largest absolute Gasteiger partial charge is 0.477 e. The number of para-hydroxylation sites is 1. The number of carboxylic acids is 1. The van der Waals surface area contributed by atoms with E-state index in [-0.39, 0.29) is 21.8 Å². The van der Waals surface area contributed by atoms with Gasteiger partial charge in [-0.3, -0.25) is 9.71 Å². The molecule has 0 atom stereocenters. The molecule has 34 heavy (non-hydrogen) atoms. The summed E-state index contributed by atoms with van der Waals surface area (Å²) in [5, 5.41) is 19.3. The highest BCUT2D eigenvalue weighted by atomic mass is 32.2. The van der Waals surface area contributed by atoms with Crippen LogP contribution in [0.15, 0.2) is 71.9 Å². The average molecular weight is 474 g/mol. The van der Waals surface area contributed by atoms with Crippen LogP contribution in [-0.2, 0) is 16.6 Å². The highest BCUT2D eigenvalue weighted by Crippen LogP contribution is 2.27. The smallest absolute Gasteiger partial charge is 0.354 e. The first-order valence-corrected chi connectivity index (χ1v) is 11.6. The molecule has 0 aliphatic carbocycles. The predicted octanol–water partition coefficient (Wildman–Crippen LogP) is 3.33. The Balaban J connectivity index is 1.72. The molecule has 0 radical (unpaired) electrons. The molecule has 2 heterocycles. The van der Waals surface area contributed by atoms with E-state index >= 15 is 0 Å². The summed E-state index contributed by atoms with van der Waals surface area (Å²) in [5.74, 6) is 4.49. The number of aromatic carboxylic acids is 1. The number of carbonyl (C=O) groups is 1. The third-order valence-electron chi connectivity index (χ3n) is 5.05. The number of carboxylic acid groups (broad SMARTS) is 1. The molecule has 0 fully saturated rings. The molecule has 0 saturated carbocycles. The fourth-order valence-electron chi connectivity index (χ4n) is 3.47. The zero-order valence-electron chi connectivity index (χ0n) is 18.0. The molecule has 0 aliphatic heterocycles. The van der Waals surface area contributed by atoms with Gasteiger partial charge in [0.2, 0.25) is 0 Å². The zero-order chi connectivity index (χ0) is 24.3. The maximum atomic E-state index is 13.4. The van der Waals surface area contributed by atoms with Gasteiger partial charge < -0.3 is 10.2 Å². The van der Waals surface area contributed by atoms with E-state index in [4.69, 9.17) is 5.11 Å². The summed E-state index contributed by atoms with van der Waals surface area (Å²) < 4.78 is 29.3. The second-order valence-electron chi connectivity index (χ2n) is 7.38. The van der Waals surface area contributed by atoms with Gasteiger partial charge in [0.15, 0.2) is 5.69 Å². The summed E-state index contributed by atoms with van der Waals surface area (Å²) in [6, 6.07) is 15.2. The molecule has 0 aliphatic rings. The molecule has 8 nitrogen and oxygen atoms in total. The number of anilines is 1. The van der Waals surface area contributed by atoms with Gasteiger partial charge in [-0.2, -0.15) is 0 Å². The van der Waals surface area contributed by atoms with Crippen molar-refractivity contribution in [1.29, 1.82) is 0 Å². The lowest BCUT2D eigenvalue weighted by molar-refractivity contribution is 0.0686. The molecule has 0 bridgehead atoms.